The molecule has 4 aromatic rings. The summed E-state index contributed by atoms with van der Waals surface area (Å²) in [6, 6.07) is 12.7. The van der Waals surface area contributed by atoms with Gasteiger partial charge in [0.15, 0.2) is 5.82 Å². The summed E-state index contributed by atoms with van der Waals surface area (Å²) in [4.78, 5) is 26.3. The van der Waals surface area contributed by atoms with Crippen molar-refractivity contribution in [3.63, 3.8) is 0 Å². The molecule has 1 saturated heterocycles. The highest BCUT2D eigenvalue weighted by Gasteiger charge is 2.40. The fourth-order valence-electron chi connectivity index (χ4n) is 6.11. The van der Waals surface area contributed by atoms with E-state index in [1.54, 1.807) is 31.3 Å². The van der Waals surface area contributed by atoms with Gasteiger partial charge in [-0.3, -0.25) is 9.47 Å². The normalized spacial score (nSPS) is 20.1. The smallest absolute Gasteiger partial charge is 0.406 e. The van der Waals surface area contributed by atoms with Crippen LogP contribution in [0.1, 0.15) is 74.2 Å². The molecule has 1 aliphatic carbocycles. The summed E-state index contributed by atoms with van der Waals surface area (Å²) in [7, 11) is 1.63. The van der Waals surface area contributed by atoms with E-state index in [2.05, 4.69) is 49.6 Å². The van der Waals surface area contributed by atoms with Crippen LogP contribution in [-0.2, 0) is 7.05 Å². The van der Waals surface area contributed by atoms with Gasteiger partial charge in [0.1, 0.15) is 34.5 Å². The molecular formula is C31H32F3N7O3. The molecule has 44 heavy (non-hydrogen) atoms. The Morgan fingerprint density at radius 1 is 1.07 bits per heavy atom. The van der Waals surface area contributed by atoms with Crippen LogP contribution in [-0.4, -0.2) is 56.1 Å². The Hall–Kier alpha value is -4.44. The molecule has 0 N–H and O–H groups in total. The number of benzene rings is 1. The van der Waals surface area contributed by atoms with Gasteiger partial charge >= 0.3 is 12.1 Å². The molecule has 1 aliphatic heterocycles. The third-order valence-corrected chi connectivity index (χ3v) is 8.57. The Morgan fingerprint density at radius 2 is 1.80 bits per heavy atom. The molecule has 10 nitrogen and oxygen atoms in total. The molecule has 13 heteroatoms. The second-order valence-corrected chi connectivity index (χ2v) is 11.4. The quantitative estimate of drug-likeness (QED) is 0.259. The molecule has 1 aromatic carbocycles. The number of fused-ring (bicyclic) bond motifs is 1. The van der Waals surface area contributed by atoms with Gasteiger partial charge in [0, 0.05) is 44.2 Å². The number of alkyl halides is 3. The number of halogens is 3. The third kappa shape index (κ3) is 5.74. The Labute approximate surface area is 251 Å². The summed E-state index contributed by atoms with van der Waals surface area (Å²) in [6.45, 7) is 5.17. The van der Waals surface area contributed by atoms with Crippen molar-refractivity contribution in [2.45, 2.75) is 69.9 Å². The first-order chi connectivity index (χ1) is 21.1. The summed E-state index contributed by atoms with van der Waals surface area (Å²) in [5, 5.41) is 14.0. The Kier molecular flexibility index (Phi) is 7.79. The molecule has 0 bridgehead atoms. The number of aryl methyl sites for hydroxylation is 1. The number of ether oxygens (including phenoxy) is 1. The molecule has 1 saturated carbocycles. The SMILES string of the molecule is CC[C@H]1CN(C(c2ccc(OC(F)(F)F)cc2)c2cc(C3CC3)on2)[C@H](CC)CN1c1nc(=O)n(C)c2ccc(C#N)nc12. The van der Waals surface area contributed by atoms with Crippen molar-refractivity contribution >= 4 is 16.9 Å². The first-order valence-corrected chi connectivity index (χ1v) is 14.7. The predicted octanol–water partition coefficient (Wildman–Crippen LogP) is 5.43. The van der Waals surface area contributed by atoms with Crippen LogP contribution < -0.4 is 15.3 Å². The average Bonchev–Trinajstić information content (AvgIpc) is 3.75. The Bertz CT molecular complexity index is 1760. The van der Waals surface area contributed by atoms with E-state index in [1.807, 2.05) is 6.07 Å². The maximum atomic E-state index is 12.9. The van der Waals surface area contributed by atoms with Crippen LogP contribution in [0.3, 0.4) is 0 Å². The van der Waals surface area contributed by atoms with Gasteiger partial charge in [0.25, 0.3) is 0 Å². The predicted molar refractivity (Wildman–Crippen MR) is 155 cm³/mol. The maximum Gasteiger partial charge on any atom is 0.573 e. The fraction of sp³-hybridized carbons (Fsp3) is 0.452. The minimum absolute atomic E-state index is 0.0602. The zero-order valence-corrected chi connectivity index (χ0v) is 24.6. The van der Waals surface area contributed by atoms with Crippen LogP contribution in [0.15, 0.2) is 51.8 Å². The number of nitriles is 1. The van der Waals surface area contributed by atoms with E-state index in [4.69, 9.17) is 4.52 Å². The zero-order valence-electron chi connectivity index (χ0n) is 24.6. The van der Waals surface area contributed by atoms with Crippen LogP contribution in [0.2, 0.25) is 0 Å². The number of pyridine rings is 1. The third-order valence-electron chi connectivity index (χ3n) is 8.57. The van der Waals surface area contributed by atoms with Gasteiger partial charge in [-0.05, 0) is 55.5 Å². The summed E-state index contributed by atoms with van der Waals surface area (Å²) >= 11 is 0. The van der Waals surface area contributed by atoms with Crippen LogP contribution in [0, 0.1) is 11.3 Å². The lowest BCUT2D eigenvalue weighted by molar-refractivity contribution is -0.274. The van der Waals surface area contributed by atoms with E-state index in [9.17, 15) is 23.2 Å². The van der Waals surface area contributed by atoms with E-state index in [1.165, 1.54) is 16.7 Å². The lowest BCUT2D eigenvalue weighted by atomic mass is 9.94. The maximum absolute atomic E-state index is 12.9. The number of piperazine rings is 1. The highest BCUT2D eigenvalue weighted by Crippen LogP contribution is 2.43. The molecule has 0 spiro atoms. The zero-order chi connectivity index (χ0) is 31.2. The van der Waals surface area contributed by atoms with E-state index in [-0.39, 0.29) is 23.5 Å². The Morgan fingerprint density at radius 3 is 2.43 bits per heavy atom. The minimum atomic E-state index is -4.79. The lowest BCUT2D eigenvalue weighted by Gasteiger charge is -2.49. The lowest BCUT2D eigenvalue weighted by Crippen LogP contribution is -2.59. The summed E-state index contributed by atoms with van der Waals surface area (Å²) in [5.74, 6) is 1.30. The molecule has 230 valence electrons. The van der Waals surface area contributed by atoms with Crippen LogP contribution in [0.5, 0.6) is 5.75 Å². The van der Waals surface area contributed by atoms with Crippen LogP contribution >= 0.6 is 0 Å². The number of anilines is 1. The van der Waals surface area contributed by atoms with Crippen molar-refractivity contribution in [2.24, 2.45) is 7.05 Å². The standard InChI is InChI=1S/C31H32F3N7O3/c1-4-21-17-41(29-27-25(39(3)30(42)37-29)13-10-20(15-35)36-27)22(5-2)16-40(21)28(24-14-26(44-38-24)18-6-7-18)19-8-11-23(12-9-19)43-31(32,33)34/h8-14,18,21-22,28H,4-7,16-17H2,1-3H3/t21-,22+,28?/m1/s1. The summed E-state index contributed by atoms with van der Waals surface area (Å²) in [5.41, 5.74) is 2.32. The number of nitrogens with zero attached hydrogens (tertiary/aromatic N) is 7. The molecule has 3 aromatic heterocycles. The number of hydrogen-bond acceptors (Lipinski definition) is 9. The molecule has 2 aliphatic rings. The topological polar surface area (TPSA) is 113 Å². The molecule has 4 heterocycles. The van der Waals surface area contributed by atoms with Crippen molar-refractivity contribution in [1.82, 2.24) is 24.6 Å². The Balaban J connectivity index is 1.40. The second kappa shape index (κ2) is 11.6. The van der Waals surface area contributed by atoms with Crippen molar-refractivity contribution in [3.8, 4) is 11.8 Å². The van der Waals surface area contributed by atoms with Crippen molar-refractivity contribution in [3.05, 3.63) is 75.7 Å². The molecule has 2 fully saturated rings. The van der Waals surface area contributed by atoms with Crippen molar-refractivity contribution in [2.75, 3.05) is 18.0 Å². The highest BCUT2D eigenvalue weighted by molar-refractivity contribution is 5.86. The largest absolute Gasteiger partial charge is 0.573 e. The van der Waals surface area contributed by atoms with Gasteiger partial charge in [-0.2, -0.15) is 10.2 Å². The number of rotatable bonds is 8. The molecule has 6 rings (SSSR count). The van der Waals surface area contributed by atoms with E-state index < -0.39 is 18.1 Å². The first-order valence-electron chi connectivity index (χ1n) is 14.7. The van der Waals surface area contributed by atoms with Gasteiger partial charge in [-0.15, -0.1) is 13.2 Å². The van der Waals surface area contributed by atoms with Crippen LogP contribution in [0.4, 0.5) is 19.0 Å². The molecule has 3 atom stereocenters. The van der Waals surface area contributed by atoms with E-state index in [0.717, 1.165) is 30.6 Å². The van der Waals surface area contributed by atoms with E-state index in [0.29, 0.717) is 48.0 Å². The van der Waals surface area contributed by atoms with Gasteiger partial charge in [-0.25, -0.2) is 9.78 Å². The minimum Gasteiger partial charge on any atom is -0.406 e. The van der Waals surface area contributed by atoms with Crippen molar-refractivity contribution < 1.29 is 22.4 Å². The summed E-state index contributed by atoms with van der Waals surface area (Å²) in [6.07, 6.45) is -1.28. The second-order valence-electron chi connectivity index (χ2n) is 11.4. The molecular weight excluding hydrogens is 575 g/mol. The fourth-order valence-corrected chi connectivity index (χ4v) is 6.11. The molecule has 0 radical (unpaired) electrons. The van der Waals surface area contributed by atoms with Crippen LogP contribution in [0.25, 0.3) is 11.0 Å². The summed E-state index contributed by atoms with van der Waals surface area (Å²) < 4.78 is 49.9. The van der Waals surface area contributed by atoms with Crippen molar-refractivity contribution in [1.29, 1.82) is 5.26 Å². The number of aromatic nitrogens is 4. The molecule has 1 unspecified atom stereocenters. The van der Waals surface area contributed by atoms with E-state index >= 15 is 0 Å². The van der Waals surface area contributed by atoms with Gasteiger partial charge in [-0.1, -0.05) is 31.1 Å². The number of hydrogen-bond donors (Lipinski definition) is 0. The van der Waals surface area contributed by atoms with Gasteiger partial charge in [0.2, 0.25) is 0 Å². The monoisotopic (exact) mass is 607 g/mol. The van der Waals surface area contributed by atoms with Gasteiger partial charge < -0.3 is 14.2 Å². The highest BCUT2D eigenvalue weighted by atomic mass is 19.4. The molecule has 0 amide bonds. The average molecular weight is 608 g/mol. The van der Waals surface area contributed by atoms with Gasteiger partial charge in [0.05, 0.1) is 11.6 Å². The first kappa shape index (κ1) is 29.6.